The highest BCUT2D eigenvalue weighted by molar-refractivity contribution is 7.12. The highest BCUT2D eigenvalue weighted by atomic mass is 35.5. The average Bonchev–Trinajstić information content (AvgIpc) is 3.27. The molecule has 0 saturated carbocycles. The zero-order valence-electron chi connectivity index (χ0n) is 14.6. The third-order valence-corrected chi connectivity index (χ3v) is 6.16. The zero-order chi connectivity index (χ0) is 19.9. The number of hydrogen-bond acceptors (Lipinski definition) is 4. The number of fused-ring (bicyclic) bond motifs is 1. The monoisotopic (exact) mass is 431 g/mol. The molecular formula is C21H15Cl2NO3S. The zero-order valence-corrected chi connectivity index (χ0v) is 16.9. The van der Waals surface area contributed by atoms with Crippen molar-refractivity contribution < 1.29 is 14.7 Å². The smallest absolute Gasteiger partial charge is 0.264 e. The van der Waals surface area contributed by atoms with Crippen LogP contribution in [-0.4, -0.2) is 16.8 Å². The van der Waals surface area contributed by atoms with Gasteiger partial charge in [0.25, 0.3) is 5.91 Å². The van der Waals surface area contributed by atoms with Crippen LogP contribution in [0.15, 0.2) is 60.0 Å². The van der Waals surface area contributed by atoms with Gasteiger partial charge in [-0.25, -0.2) is 0 Å². The molecule has 0 radical (unpaired) electrons. The van der Waals surface area contributed by atoms with Gasteiger partial charge in [-0.2, -0.15) is 0 Å². The first-order valence-electron chi connectivity index (χ1n) is 8.54. The second-order valence-corrected chi connectivity index (χ2v) is 8.44. The van der Waals surface area contributed by atoms with E-state index >= 15 is 0 Å². The van der Waals surface area contributed by atoms with Crippen molar-refractivity contribution in [3.8, 4) is 0 Å². The molecule has 2 heterocycles. The molecule has 1 aromatic heterocycles. The molecule has 142 valence electrons. The maximum atomic E-state index is 13.2. The summed E-state index contributed by atoms with van der Waals surface area (Å²) < 4.78 is 0. The van der Waals surface area contributed by atoms with Crippen LogP contribution in [0.3, 0.4) is 0 Å². The normalized spacial score (nSPS) is 18.4. The quantitative estimate of drug-likeness (QED) is 0.574. The molecule has 0 spiro atoms. The van der Waals surface area contributed by atoms with Crippen molar-refractivity contribution >= 4 is 51.9 Å². The Balaban J connectivity index is 1.72. The van der Waals surface area contributed by atoms with E-state index in [-0.39, 0.29) is 18.7 Å². The van der Waals surface area contributed by atoms with Gasteiger partial charge >= 0.3 is 0 Å². The number of anilines is 1. The Bertz CT molecular complexity index is 1050. The number of hydrogen-bond donors (Lipinski definition) is 1. The molecule has 1 atom stereocenters. The minimum atomic E-state index is -1.95. The molecule has 0 fully saturated rings. The average molecular weight is 432 g/mol. The number of thiophene rings is 1. The molecule has 1 unspecified atom stereocenters. The summed E-state index contributed by atoms with van der Waals surface area (Å²) in [6.07, 6.45) is -0.337. The van der Waals surface area contributed by atoms with Crippen LogP contribution in [0.25, 0.3) is 0 Å². The van der Waals surface area contributed by atoms with Crippen molar-refractivity contribution in [3.63, 3.8) is 0 Å². The summed E-state index contributed by atoms with van der Waals surface area (Å²) in [5.74, 6) is -0.824. The van der Waals surface area contributed by atoms with E-state index in [1.807, 2.05) is 12.1 Å². The molecule has 7 heteroatoms. The van der Waals surface area contributed by atoms with E-state index < -0.39 is 11.5 Å². The van der Waals surface area contributed by atoms with Crippen molar-refractivity contribution in [1.82, 2.24) is 0 Å². The Labute approximate surface area is 175 Å². The molecule has 28 heavy (non-hydrogen) atoms. The molecule has 0 saturated heterocycles. The number of carbonyl (C=O) groups excluding carboxylic acids is 2. The van der Waals surface area contributed by atoms with Crippen LogP contribution >= 0.6 is 34.5 Å². The summed E-state index contributed by atoms with van der Waals surface area (Å²) >= 11 is 13.3. The minimum Gasteiger partial charge on any atom is -0.375 e. The Morgan fingerprint density at radius 2 is 1.79 bits per heavy atom. The number of Topliss-reactive ketones (excluding diaryl/α,β-unsaturated/α-hetero) is 1. The van der Waals surface area contributed by atoms with Gasteiger partial charge < -0.3 is 10.0 Å². The third kappa shape index (κ3) is 3.35. The molecule has 4 rings (SSSR count). The summed E-state index contributed by atoms with van der Waals surface area (Å²) in [5, 5.41) is 14.1. The molecular weight excluding hydrogens is 417 g/mol. The fourth-order valence-electron chi connectivity index (χ4n) is 3.38. The van der Waals surface area contributed by atoms with Gasteiger partial charge in [0.05, 0.1) is 23.5 Å². The van der Waals surface area contributed by atoms with Gasteiger partial charge in [0.15, 0.2) is 11.4 Å². The van der Waals surface area contributed by atoms with E-state index in [0.29, 0.717) is 26.2 Å². The summed E-state index contributed by atoms with van der Waals surface area (Å²) in [6, 6.07) is 15.5. The van der Waals surface area contributed by atoms with Crippen LogP contribution < -0.4 is 4.90 Å². The summed E-state index contributed by atoms with van der Waals surface area (Å²) in [6.45, 7) is 0.250. The van der Waals surface area contributed by atoms with Crippen molar-refractivity contribution in [1.29, 1.82) is 0 Å². The maximum Gasteiger partial charge on any atom is 0.264 e. The van der Waals surface area contributed by atoms with E-state index in [0.717, 1.165) is 5.56 Å². The Hall–Kier alpha value is -2.18. The number of carbonyl (C=O) groups is 2. The van der Waals surface area contributed by atoms with Crippen LogP contribution in [0, 0.1) is 0 Å². The number of rotatable bonds is 5. The molecule has 1 amide bonds. The number of benzene rings is 2. The highest BCUT2D eigenvalue weighted by Gasteiger charge is 2.51. The predicted octanol–water partition coefficient (Wildman–Crippen LogP) is 5.06. The second kappa shape index (κ2) is 7.33. The fraction of sp³-hybridized carbons (Fsp3) is 0.143. The van der Waals surface area contributed by atoms with Crippen molar-refractivity contribution in [2.45, 2.75) is 18.6 Å². The van der Waals surface area contributed by atoms with Crippen molar-refractivity contribution in [2.75, 3.05) is 4.90 Å². The van der Waals surface area contributed by atoms with Gasteiger partial charge in [0, 0.05) is 15.6 Å². The lowest BCUT2D eigenvalue weighted by atomic mass is 9.89. The molecule has 2 aromatic carbocycles. The second-order valence-electron chi connectivity index (χ2n) is 6.62. The largest absolute Gasteiger partial charge is 0.375 e. The number of ketones is 1. The van der Waals surface area contributed by atoms with E-state index in [9.17, 15) is 14.7 Å². The number of aliphatic hydroxyl groups is 1. The van der Waals surface area contributed by atoms with E-state index in [2.05, 4.69) is 0 Å². The lowest BCUT2D eigenvalue weighted by Gasteiger charge is -2.22. The Morgan fingerprint density at radius 3 is 2.46 bits per heavy atom. The summed E-state index contributed by atoms with van der Waals surface area (Å²) in [5.41, 5.74) is -0.199. The fourth-order valence-corrected chi connectivity index (χ4v) is 4.34. The van der Waals surface area contributed by atoms with Crippen molar-refractivity contribution in [3.05, 3.63) is 86.0 Å². The molecule has 3 aromatic rings. The van der Waals surface area contributed by atoms with Gasteiger partial charge in [-0.15, -0.1) is 11.3 Å². The first-order valence-corrected chi connectivity index (χ1v) is 10.2. The summed E-state index contributed by atoms with van der Waals surface area (Å²) in [4.78, 5) is 27.9. The summed E-state index contributed by atoms with van der Waals surface area (Å²) in [7, 11) is 0. The third-order valence-electron chi connectivity index (χ3n) is 4.76. The molecule has 1 aliphatic heterocycles. The SMILES string of the molecule is O=C(CC1(O)C(=O)N(Cc2ccc(Cl)cc2)c2ccc(Cl)cc21)c1cccs1. The maximum absolute atomic E-state index is 13.2. The number of nitrogens with zero attached hydrogens (tertiary/aromatic N) is 1. The lowest BCUT2D eigenvalue weighted by molar-refractivity contribution is -0.136. The van der Waals surface area contributed by atoms with Crippen LogP contribution in [0.4, 0.5) is 5.69 Å². The van der Waals surface area contributed by atoms with Gasteiger partial charge in [-0.1, -0.05) is 41.4 Å². The predicted molar refractivity (Wildman–Crippen MR) is 111 cm³/mol. The van der Waals surface area contributed by atoms with Crippen LogP contribution in [0.2, 0.25) is 10.0 Å². The molecule has 1 aliphatic rings. The van der Waals surface area contributed by atoms with E-state index in [4.69, 9.17) is 23.2 Å². The Morgan fingerprint density at radius 1 is 1.07 bits per heavy atom. The minimum absolute atomic E-state index is 0.250. The van der Waals surface area contributed by atoms with Gasteiger partial charge in [-0.3, -0.25) is 9.59 Å². The van der Waals surface area contributed by atoms with Gasteiger partial charge in [0.1, 0.15) is 0 Å². The van der Waals surface area contributed by atoms with Gasteiger partial charge in [-0.05, 0) is 47.3 Å². The van der Waals surface area contributed by atoms with Crippen LogP contribution in [-0.2, 0) is 16.9 Å². The highest BCUT2D eigenvalue weighted by Crippen LogP contribution is 2.45. The first-order chi connectivity index (χ1) is 13.4. The topological polar surface area (TPSA) is 57.6 Å². The van der Waals surface area contributed by atoms with Crippen LogP contribution in [0.5, 0.6) is 0 Å². The van der Waals surface area contributed by atoms with Crippen LogP contribution in [0.1, 0.15) is 27.2 Å². The Kier molecular flexibility index (Phi) is 5.02. The molecule has 0 bridgehead atoms. The standard InChI is InChI=1S/C21H15Cl2NO3S/c22-14-5-3-13(4-6-14)12-24-17-8-7-15(23)10-16(17)21(27,20(24)26)11-18(25)19-2-1-9-28-19/h1-10,27H,11-12H2. The van der Waals surface area contributed by atoms with E-state index in [1.54, 1.807) is 47.8 Å². The lowest BCUT2D eigenvalue weighted by Crippen LogP contribution is -2.41. The van der Waals surface area contributed by atoms with Crippen molar-refractivity contribution in [2.24, 2.45) is 0 Å². The molecule has 4 nitrogen and oxygen atoms in total. The van der Waals surface area contributed by atoms with E-state index in [1.165, 1.54) is 16.2 Å². The van der Waals surface area contributed by atoms with Gasteiger partial charge in [0.2, 0.25) is 0 Å². The molecule has 0 aliphatic carbocycles. The first kappa shape index (κ1) is 19.2. The molecule has 1 N–H and O–H groups in total. The number of halogens is 2. The number of amides is 1.